The Kier molecular flexibility index (Phi) is 3.55. The van der Waals surface area contributed by atoms with Gasteiger partial charge < -0.3 is 4.42 Å². The minimum absolute atomic E-state index is 0.0737. The van der Waals surface area contributed by atoms with Crippen LogP contribution in [0.1, 0.15) is 33.5 Å². The number of benzene rings is 1. The molecule has 0 N–H and O–H groups in total. The summed E-state index contributed by atoms with van der Waals surface area (Å²) in [6, 6.07) is 17.3. The van der Waals surface area contributed by atoms with Crippen LogP contribution in [0.25, 0.3) is 0 Å². The van der Waals surface area contributed by atoms with Gasteiger partial charge in [0.25, 0.3) is 5.91 Å². The molecule has 2 aromatic heterocycles. The van der Waals surface area contributed by atoms with E-state index < -0.39 is 0 Å². The second-order valence-electron chi connectivity index (χ2n) is 5.28. The summed E-state index contributed by atoms with van der Waals surface area (Å²) in [6.07, 6.45) is 2.27. The maximum atomic E-state index is 12.8. The fourth-order valence-electron chi connectivity index (χ4n) is 2.74. The van der Waals surface area contributed by atoms with Gasteiger partial charge in [0.1, 0.15) is 11.5 Å². The fourth-order valence-corrected chi connectivity index (χ4v) is 3.39. The van der Waals surface area contributed by atoms with Crippen molar-refractivity contribution in [2.75, 3.05) is 0 Å². The molecule has 0 fully saturated rings. The summed E-state index contributed by atoms with van der Waals surface area (Å²) in [7, 11) is 0. The van der Waals surface area contributed by atoms with Gasteiger partial charge in [-0.15, -0.1) is 11.3 Å². The summed E-state index contributed by atoms with van der Waals surface area (Å²) >= 11 is 1.43. The number of furan rings is 1. The number of hydrogen-bond acceptors (Lipinski definition) is 4. The van der Waals surface area contributed by atoms with Crippen LogP contribution in [0.15, 0.2) is 75.8 Å². The number of carbonyl (C=O) groups excluding carboxylic acids is 1. The van der Waals surface area contributed by atoms with Gasteiger partial charge in [-0.05, 0) is 29.1 Å². The third kappa shape index (κ3) is 2.59. The molecule has 0 radical (unpaired) electrons. The van der Waals surface area contributed by atoms with Crippen molar-refractivity contribution in [1.82, 2.24) is 5.01 Å². The van der Waals surface area contributed by atoms with Crippen molar-refractivity contribution in [3.05, 3.63) is 82.4 Å². The Morgan fingerprint density at radius 2 is 2.00 bits per heavy atom. The lowest BCUT2D eigenvalue weighted by atomic mass is 10.0. The first kappa shape index (κ1) is 14.0. The van der Waals surface area contributed by atoms with Crippen LogP contribution >= 0.6 is 11.3 Å². The van der Waals surface area contributed by atoms with E-state index in [0.29, 0.717) is 17.1 Å². The van der Waals surface area contributed by atoms with E-state index in [2.05, 4.69) is 5.10 Å². The Bertz CT molecular complexity index is 823. The van der Waals surface area contributed by atoms with Gasteiger partial charge in [0.15, 0.2) is 0 Å². The smallest absolute Gasteiger partial charge is 0.284 e. The third-order valence-corrected chi connectivity index (χ3v) is 4.70. The molecule has 3 heterocycles. The lowest BCUT2D eigenvalue weighted by molar-refractivity contribution is 0.0716. The molecule has 0 spiro atoms. The second-order valence-corrected chi connectivity index (χ2v) is 6.23. The van der Waals surface area contributed by atoms with Crippen molar-refractivity contribution < 1.29 is 9.21 Å². The van der Waals surface area contributed by atoms with Gasteiger partial charge in [0, 0.05) is 6.42 Å². The highest BCUT2D eigenvalue weighted by atomic mass is 32.1. The topological polar surface area (TPSA) is 45.8 Å². The maximum Gasteiger partial charge on any atom is 0.284 e. The van der Waals surface area contributed by atoms with Crippen LogP contribution in [0, 0.1) is 0 Å². The zero-order chi connectivity index (χ0) is 15.6. The molecule has 1 aliphatic rings. The van der Waals surface area contributed by atoms with Crippen LogP contribution in [-0.4, -0.2) is 16.6 Å². The lowest BCUT2D eigenvalue weighted by Gasteiger charge is -2.21. The van der Waals surface area contributed by atoms with Crippen molar-refractivity contribution in [2.24, 2.45) is 5.10 Å². The van der Waals surface area contributed by atoms with Crippen molar-refractivity contribution in [1.29, 1.82) is 0 Å². The Balaban J connectivity index is 1.72. The van der Waals surface area contributed by atoms with Gasteiger partial charge >= 0.3 is 0 Å². The van der Waals surface area contributed by atoms with E-state index in [9.17, 15) is 4.79 Å². The van der Waals surface area contributed by atoms with E-state index in [1.807, 2.05) is 60.0 Å². The molecule has 4 rings (SSSR count). The molecule has 1 amide bonds. The van der Waals surface area contributed by atoms with Gasteiger partial charge in [-0.1, -0.05) is 36.4 Å². The quantitative estimate of drug-likeness (QED) is 0.720. The molecule has 3 aromatic rings. The second kappa shape index (κ2) is 5.85. The van der Waals surface area contributed by atoms with E-state index in [-0.39, 0.29) is 11.9 Å². The largest absolute Gasteiger partial charge is 0.463 e. The zero-order valence-corrected chi connectivity index (χ0v) is 13.1. The number of thiophene rings is 1. The van der Waals surface area contributed by atoms with Crippen LogP contribution in [0.5, 0.6) is 0 Å². The van der Waals surface area contributed by atoms with Crippen molar-refractivity contribution in [2.45, 2.75) is 12.5 Å². The molecule has 23 heavy (non-hydrogen) atoms. The molecule has 1 aliphatic heterocycles. The average molecular weight is 322 g/mol. The standard InChI is InChI=1S/C18H14N2O2S/c21-18(17-9-5-11-23-17)20-15(13-6-2-1-3-7-13)12-14(19-20)16-8-4-10-22-16/h1-11,15H,12H2. The number of carbonyl (C=O) groups is 1. The third-order valence-electron chi connectivity index (χ3n) is 3.84. The highest BCUT2D eigenvalue weighted by Crippen LogP contribution is 2.34. The van der Waals surface area contributed by atoms with E-state index >= 15 is 0 Å². The fraction of sp³-hybridized carbons (Fsp3) is 0.111. The van der Waals surface area contributed by atoms with Crippen molar-refractivity contribution in [3.63, 3.8) is 0 Å². The Morgan fingerprint density at radius 3 is 2.70 bits per heavy atom. The molecule has 1 atom stereocenters. The SMILES string of the molecule is O=C(c1cccs1)N1N=C(c2ccco2)CC1c1ccccc1. The molecule has 1 aromatic carbocycles. The van der Waals surface area contributed by atoms with Crippen LogP contribution in [0.3, 0.4) is 0 Å². The highest BCUT2D eigenvalue weighted by molar-refractivity contribution is 7.12. The van der Waals surface area contributed by atoms with Gasteiger partial charge in [-0.2, -0.15) is 5.10 Å². The summed E-state index contributed by atoms with van der Waals surface area (Å²) in [5.41, 5.74) is 1.87. The summed E-state index contributed by atoms with van der Waals surface area (Å²) in [5.74, 6) is 0.641. The number of hydrazone groups is 1. The Labute approximate surface area is 137 Å². The Hall–Kier alpha value is -2.66. The van der Waals surface area contributed by atoms with Crippen LogP contribution < -0.4 is 0 Å². The first-order valence-electron chi connectivity index (χ1n) is 7.36. The molecule has 1 unspecified atom stereocenters. The molecular weight excluding hydrogens is 308 g/mol. The molecule has 4 nitrogen and oxygen atoms in total. The number of amides is 1. The summed E-state index contributed by atoms with van der Waals surface area (Å²) in [5, 5.41) is 8.04. The highest BCUT2D eigenvalue weighted by Gasteiger charge is 2.34. The van der Waals surface area contributed by atoms with Crippen LogP contribution in [0.4, 0.5) is 0 Å². The number of nitrogens with zero attached hydrogens (tertiary/aromatic N) is 2. The lowest BCUT2D eigenvalue weighted by Crippen LogP contribution is -2.26. The van der Waals surface area contributed by atoms with E-state index in [0.717, 1.165) is 11.3 Å². The first-order valence-corrected chi connectivity index (χ1v) is 8.24. The molecule has 0 bridgehead atoms. The molecule has 0 saturated heterocycles. The summed E-state index contributed by atoms with van der Waals surface area (Å²) in [6.45, 7) is 0. The first-order chi connectivity index (χ1) is 11.3. The summed E-state index contributed by atoms with van der Waals surface area (Å²) < 4.78 is 5.45. The predicted octanol–water partition coefficient (Wildman–Crippen LogP) is 4.33. The molecule has 0 saturated carbocycles. The van der Waals surface area contributed by atoms with Crippen LogP contribution in [0.2, 0.25) is 0 Å². The molecule has 5 heteroatoms. The van der Waals surface area contributed by atoms with E-state index in [1.165, 1.54) is 11.3 Å². The number of rotatable bonds is 3. The van der Waals surface area contributed by atoms with Crippen LogP contribution in [-0.2, 0) is 0 Å². The monoisotopic (exact) mass is 322 g/mol. The normalized spacial score (nSPS) is 17.3. The summed E-state index contributed by atoms with van der Waals surface area (Å²) in [4.78, 5) is 13.5. The van der Waals surface area contributed by atoms with E-state index in [1.54, 1.807) is 11.3 Å². The van der Waals surface area contributed by atoms with Crippen molar-refractivity contribution >= 4 is 23.0 Å². The minimum Gasteiger partial charge on any atom is -0.463 e. The number of hydrogen-bond donors (Lipinski definition) is 0. The van der Waals surface area contributed by atoms with Gasteiger partial charge in [0.2, 0.25) is 0 Å². The minimum atomic E-state index is -0.106. The maximum absolute atomic E-state index is 12.8. The van der Waals surface area contributed by atoms with Crippen molar-refractivity contribution in [3.8, 4) is 0 Å². The van der Waals surface area contributed by atoms with Gasteiger partial charge in [-0.25, -0.2) is 5.01 Å². The molecule has 0 aliphatic carbocycles. The van der Waals surface area contributed by atoms with E-state index in [4.69, 9.17) is 4.42 Å². The van der Waals surface area contributed by atoms with Gasteiger partial charge in [-0.3, -0.25) is 4.79 Å². The predicted molar refractivity (Wildman–Crippen MR) is 89.5 cm³/mol. The molecule has 114 valence electrons. The zero-order valence-electron chi connectivity index (χ0n) is 12.3. The molecular formula is C18H14N2O2S. The Morgan fingerprint density at radius 1 is 1.13 bits per heavy atom. The average Bonchev–Trinajstić information content (AvgIpc) is 3.35. The van der Waals surface area contributed by atoms with Gasteiger partial charge in [0.05, 0.1) is 17.2 Å².